The second kappa shape index (κ2) is 6.00. The van der Waals surface area contributed by atoms with Crippen molar-refractivity contribution < 1.29 is 14.7 Å². The van der Waals surface area contributed by atoms with Crippen molar-refractivity contribution in [3.05, 3.63) is 0 Å². The van der Waals surface area contributed by atoms with Gasteiger partial charge in [0.25, 0.3) is 0 Å². The molecule has 1 rings (SSSR count). The average molecular weight is 231 g/mol. The number of nitrogens with zero attached hydrogens (tertiary/aromatic N) is 1. The third-order valence-corrected chi connectivity index (χ3v) is 3.28. The number of amides is 1. The van der Waals surface area contributed by atoms with Gasteiger partial charge < -0.3 is 10.0 Å². The summed E-state index contributed by atoms with van der Waals surface area (Å²) < 4.78 is 0. The summed E-state index contributed by atoms with van der Waals surface area (Å²) in [7, 11) is 0. The van der Waals surface area contributed by atoms with Gasteiger partial charge in [0.15, 0.2) is 0 Å². The third kappa shape index (κ3) is 4.55. The van der Waals surface area contributed by atoms with E-state index >= 15 is 0 Å². The Bertz CT molecular complexity index is 241. The summed E-state index contributed by atoms with van der Waals surface area (Å²) in [5.74, 6) is 0.279. The molecule has 0 spiro atoms. The molecule has 1 aliphatic carbocycles. The van der Waals surface area contributed by atoms with Gasteiger partial charge in [0.05, 0.1) is 12.2 Å². The predicted octanol–water partition coefficient (Wildman–Crippen LogP) is 1.21. The van der Waals surface area contributed by atoms with Crippen LogP contribution in [0.3, 0.4) is 0 Å². The minimum atomic E-state index is -0.801. The number of carbonyl (C=O) groups excluding carboxylic acids is 1. The number of carboxylic acids is 1. The lowest BCUT2D eigenvalue weighted by Gasteiger charge is -2.19. The van der Waals surface area contributed by atoms with Crippen molar-refractivity contribution in [1.82, 2.24) is 4.90 Å². The Kier molecular flexibility index (Phi) is 4.94. The van der Waals surface area contributed by atoms with Crippen LogP contribution in [0.25, 0.3) is 0 Å². The molecule has 1 aliphatic rings. The average Bonchev–Trinajstić information content (AvgIpc) is 2.97. The van der Waals surface area contributed by atoms with Crippen LogP contribution in [-0.4, -0.2) is 46.0 Å². The molecule has 5 heteroatoms. The van der Waals surface area contributed by atoms with Gasteiger partial charge in [-0.15, -0.1) is 0 Å². The highest BCUT2D eigenvalue weighted by atomic mass is 32.2. The highest BCUT2D eigenvalue weighted by Crippen LogP contribution is 2.27. The van der Waals surface area contributed by atoms with Gasteiger partial charge in [-0.25, -0.2) is 0 Å². The van der Waals surface area contributed by atoms with Crippen LogP contribution in [0, 0.1) is 0 Å². The van der Waals surface area contributed by atoms with Gasteiger partial charge in [-0.1, -0.05) is 0 Å². The molecule has 1 fully saturated rings. The van der Waals surface area contributed by atoms with Crippen molar-refractivity contribution in [2.45, 2.75) is 32.2 Å². The first-order chi connectivity index (χ1) is 7.15. The fourth-order valence-electron chi connectivity index (χ4n) is 1.43. The lowest BCUT2D eigenvalue weighted by molar-refractivity contribution is -0.136. The topological polar surface area (TPSA) is 57.6 Å². The second-order valence-corrected chi connectivity index (χ2v) is 4.71. The maximum atomic E-state index is 11.7. The molecule has 0 atom stereocenters. The zero-order chi connectivity index (χ0) is 11.3. The number of rotatable bonds is 7. The molecule has 0 aliphatic heterocycles. The number of aliphatic carboxylic acids is 1. The van der Waals surface area contributed by atoms with Crippen LogP contribution < -0.4 is 0 Å². The smallest absolute Gasteiger partial charge is 0.304 e. The van der Waals surface area contributed by atoms with E-state index in [0.717, 1.165) is 19.4 Å². The molecule has 0 aromatic heterocycles. The van der Waals surface area contributed by atoms with E-state index in [1.54, 1.807) is 0 Å². The van der Waals surface area contributed by atoms with Gasteiger partial charge >= 0.3 is 5.97 Å². The van der Waals surface area contributed by atoms with Crippen molar-refractivity contribution >= 4 is 23.6 Å². The predicted molar refractivity (Wildman–Crippen MR) is 60.0 cm³/mol. The summed E-state index contributed by atoms with van der Waals surface area (Å²) in [5, 5.41) is 8.42. The van der Waals surface area contributed by atoms with Crippen LogP contribution >= 0.6 is 11.8 Å². The number of hydrogen-bond donors (Lipinski definition) is 1. The summed E-state index contributed by atoms with van der Waals surface area (Å²) in [6.07, 6.45) is 2.38. The van der Waals surface area contributed by atoms with Gasteiger partial charge in [0.2, 0.25) is 5.91 Å². The first kappa shape index (κ1) is 12.4. The van der Waals surface area contributed by atoms with Crippen LogP contribution in [0.1, 0.15) is 26.2 Å². The van der Waals surface area contributed by atoms with Crippen LogP contribution in [0.4, 0.5) is 0 Å². The monoisotopic (exact) mass is 231 g/mol. The van der Waals surface area contributed by atoms with E-state index in [1.165, 1.54) is 11.8 Å². The van der Waals surface area contributed by atoms with Gasteiger partial charge in [-0.3, -0.25) is 9.59 Å². The van der Waals surface area contributed by atoms with Crippen molar-refractivity contribution in [2.75, 3.05) is 18.1 Å². The zero-order valence-corrected chi connectivity index (χ0v) is 9.76. The summed E-state index contributed by atoms with van der Waals surface area (Å²) in [6, 6.07) is 0.461. The molecule has 0 heterocycles. The molecular formula is C10H17NO3S. The molecule has 15 heavy (non-hydrogen) atoms. The Morgan fingerprint density at radius 2 is 2.13 bits per heavy atom. The van der Waals surface area contributed by atoms with E-state index in [0.29, 0.717) is 17.5 Å². The maximum absolute atomic E-state index is 11.7. The quantitative estimate of drug-likeness (QED) is 0.669. The van der Waals surface area contributed by atoms with Crippen molar-refractivity contribution in [3.63, 3.8) is 0 Å². The summed E-state index contributed by atoms with van der Waals surface area (Å²) >= 11 is 1.41. The van der Waals surface area contributed by atoms with E-state index in [1.807, 2.05) is 11.8 Å². The summed E-state index contributed by atoms with van der Waals surface area (Å²) in [4.78, 5) is 23.8. The van der Waals surface area contributed by atoms with E-state index in [9.17, 15) is 9.59 Å². The van der Waals surface area contributed by atoms with E-state index in [4.69, 9.17) is 5.11 Å². The minimum absolute atomic E-state index is 0.132. The summed E-state index contributed by atoms with van der Waals surface area (Å²) in [6.45, 7) is 2.75. The van der Waals surface area contributed by atoms with Gasteiger partial charge in [0, 0.05) is 18.3 Å². The number of hydrogen-bond acceptors (Lipinski definition) is 3. The molecule has 0 aromatic rings. The first-order valence-corrected chi connectivity index (χ1v) is 6.39. The van der Waals surface area contributed by atoms with Gasteiger partial charge in [-0.2, -0.15) is 11.8 Å². The van der Waals surface area contributed by atoms with E-state index in [2.05, 4.69) is 0 Å². The zero-order valence-electron chi connectivity index (χ0n) is 8.94. The standard InChI is InChI=1S/C10H17NO3S/c1-2-11(8-3-4-8)9(12)7-15-6-5-10(13)14/h8H,2-7H2,1H3,(H,13,14). The molecule has 86 valence electrons. The highest BCUT2D eigenvalue weighted by Gasteiger charge is 2.30. The third-order valence-electron chi connectivity index (χ3n) is 2.33. The SMILES string of the molecule is CCN(C(=O)CSCCC(=O)O)C1CC1. The number of carboxylic acid groups (broad SMARTS) is 1. The van der Waals surface area contributed by atoms with Gasteiger partial charge in [-0.05, 0) is 19.8 Å². The highest BCUT2D eigenvalue weighted by molar-refractivity contribution is 7.99. The van der Waals surface area contributed by atoms with Crippen LogP contribution in [0.5, 0.6) is 0 Å². The summed E-state index contributed by atoms with van der Waals surface area (Å²) in [5.41, 5.74) is 0. The molecule has 4 nitrogen and oxygen atoms in total. The molecule has 1 saturated carbocycles. The number of carbonyl (C=O) groups is 2. The molecule has 0 bridgehead atoms. The first-order valence-electron chi connectivity index (χ1n) is 5.24. The second-order valence-electron chi connectivity index (χ2n) is 3.61. The molecule has 0 unspecified atom stereocenters. The Labute approximate surface area is 94.0 Å². The molecule has 0 radical (unpaired) electrons. The molecular weight excluding hydrogens is 214 g/mol. The molecule has 1 amide bonds. The normalized spacial score (nSPS) is 15.0. The fourth-order valence-corrected chi connectivity index (χ4v) is 2.23. The fraction of sp³-hybridized carbons (Fsp3) is 0.800. The molecule has 1 N–H and O–H groups in total. The van der Waals surface area contributed by atoms with E-state index < -0.39 is 5.97 Å². The van der Waals surface area contributed by atoms with Gasteiger partial charge in [0.1, 0.15) is 0 Å². The lowest BCUT2D eigenvalue weighted by atomic mass is 10.4. The van der Waals surface area contributed by atoms with Crippen LogP contribution in [0.2, 0.25) is 0 Å². The Hall–Kier alpha value is -0.710. The lowest BCUT2D eigenvalue weighted by Crippen LogP contribution is -2.34. The van der Waals surface area contributed by atoms with Crippen molar-refractivity contribution in [3.8, 4) is 0 Å². The Morgan fingerprint density at radius 1 is 1.47 bits per heavy atom. The Balaban J connectivity index is 2.13. The molecule has 0 aromatic carbocycles. The van der Waals surface area contributed by atoms with Crippen LogP contribution in [-0.2, 0) is 9.59 Å². The minimum Gasteiger partial charge on any atom is -0.481 e. The van der Waals surface area contributed by atoms with Crippen molar-refractivity contribution in [1.29, 1.82) is 0 Å². The molecule has 0 saturated heterocycles. The Morgan fingerprint density at radius 3 is 2.60 bits per heavy atom. The van der Waals surface area contributed by atoms with Crippen LogP contribution in [0.15, 0.2) is 0 Å². The maximum Gasteiger partial charge on any atom is 0.304 e. The number of thioether (sulfide) groups is 1. The largest absolute Gasteiger partial charge is 0.481 e. The van der Waals surface area contributed by atoms with E-state index in [-0.39, 0.29) is 12.3 Å². The van der Waals surface area contributed by atoms with Crippen molar-refractivity contribution in [2.24, 2.45) is 0 Å².